The Labute approximate surface area is 195 Å². The average Bonchev–Trinajstić information content (AvgIpc) is 3.47. The van der Waals surface area contributed by atoms with Crippen molar-refractivity contribution in [2.75, 3.05) is 0 Å². The predicted octanol–water partition coefficient (Wildman–Crippen LogP) is 6.79. The quantitative estimate of drug-likeness (QED) is 0.289. The maximum absolute atomic E-state index is 4.87. The van der Waals surface area contributed by atoms with E-state index >= 15 is 0 Å². The van der Waals surface area contributed by atoms with Gasteiger partial charge in [0.2, 0.25) is 0 Å². The lowest BCUT2D eigenvalue weighted by Crippen LogP contribution is -1.89. The lowest BCUT2D eigenvalue weighted by molar-refractivity contribution is 0.799. The third kappa shape index (κ3) is 2.68. The highest BCUT2D eigenvalue weighted by Gasteiger charge is 2.15. The standard InChI is InChI=1S/C28H22N6/c1-14(2)28-33-22-9-6-18-12-16(4-7-19(18)23(22)34-28)17-5-8-20-21(13-17)24-26(30-11-10-29-24)27-25(20)31-15(3)32-27/h4-14H,1-3H3,(H,31,32)(H,33,34). The Morgan fingerprint density at radius 1 is 0.676 bits per heavy atom. The first-order chi connectivity index (χ1) is 16.6. The van der Waals surface area contributed by atoms with Crippen LogP contribution in [0.15, 0.2) is 60.9 Å². The molecule has 2 N–H and O–H groups in total. The fourth-order valence-corrected chi connectivity index (χ4v) is 4.98. The molecule has 0 saturated heterocycles. The number of H-pyrrole nitrogens is 2. The third-order valence-electron chi connectivity index (χ3n) is 6.65. The maximum atomic E-state index is 4.87. The first-order valence-electron chi connectivity index (χ1n) is 11.5. The maximum Gasteiger partial charge on any atom is 0.115 e. The van der Waals surface area contributed by atoms with E-state index in [9.17, 15) is 0 Å². The molecule has 0 bridgehead atoms. The Morgan fingerprint density at radius 3 is 2.26 bits per heavy atom. The summed E-state index contributed by atoms with van der Waals surface area (Å²) in [5.74, 6) is 2.26. The summed E-state index contributed by atoms with van der Waals surface area (Å²) < 4.78 is 0. The lowest BCUT2D eigenvalue weighted by atomic mass is 9.97. The minimum Gasteiger partial charge on any atom is -0.342 e. The molecule has 0 saturated carbocycles. The van der Waals surface area contributed by atoms with Gasteiger partial charge in [-0.15, -0.1) is 0 Å². The molecular formula is C28H22N6. The van der Waals surface area contributed by atoms with Crippen molar-refractivity contribution in [1.29, 1.82) is 0 Å². The van der Waals surface area contributed by atoms with Crippen LogP contribution in [0.25, 0.3) is 65.8 Å². The molecule has 6 nitrogen and oxygen atoms in total. The first kappa shape index (κ1) is 19.2. The van der Waals surface area contributed by atoms with Crippen molar-refractivity contribution < 1.29 is 0 Å². The number of hydrogen-bond acceptors (Lipinski definition) is 4. The van der Waals surface area contributed by atoms with Gasteiger partial charge in [-0.05, 0) is 41.6 Å². The molecule has 0 aliphatic heterocycles. The largest absolute Gasteiger partial charge is 0.342 e. The predicted molar refractivity (Wildman–Crippen MR) is 138 cm³/mol. The Hall–Kier alpha value is -4.32. The number of fused-ring (bicyclic) bond motifs is 9. The number of nitrogens with zero attached hydrogens (tertiary/aromatic N) is 4. The van der Waals surface area contributed by atoms with Gasteiger partial charge in [-0.25, -0.2) is 9.97 Å². The molecular weight excluding hydrogens is 420 g/mol. The second-order valence-electron chi connectivity index (χ2n) is 9.23. The Morgan fingerprint density at radius 2 is 1.44 bits per heavy atom. The highest BCUT2D eigenvalue weighted by molar-refractivity contribution is 6.21. The molecule has 3 heterocycles. The molecule has 0 unspecified atom stereocenters. The second kappa shape index (κ2) is 6.84. The van der Waals surface area contributed by atoms with E-state index in [-0.39, 0.29) is 0 Å². The van der Waals surface area contributed by atoms with Crippen LogP contribution in [-0.4, -0.2) is 29.9 Å². The molecule has 0 aliphatic rings. The van der Waals surface area contributed by atoms with Crippen molar-refractivity contribution in [3.05, 3.63) is 72.6 Å². The number of aryl methyl sites for hydroxylation is 1. The van der Waals surface area contributed by atoms with E-state index in [0.717, 1.165) is 72.0 Å². The summed E-state index contributed by atoms with van der Waals surface area (Å²) in [5, 5.41) is 4.48. The topological polar surface area (TPSA) is 83.1 Å². The molecule has 34 heavy (non-hydrogen) atoms. The lowest BCUT2D eigenvalue weighted by Gasteiger charge is -2.09. The molecule has 4 aromatic carbocycles. The smallest absolute Gasteiger partial charge is 0.115 e. The van der Waals surface area contributed by atoms with Crippen LogP contribution in [0.3, 0.4) is 0 Å². The number of imidazole rings is 2. The van der Waals surface area contributed by atoms with Gasteiger partial charge in [0.05, 0.1) is 27.6 Å². The molecule has 3 aromatic heterocycles. The van der Waals surface area contributed by atoms with Crippen LogP contribution in [0.4, 0.5) is 0 Å². The number of nitrogens with one attached hydrogen (secondary N) is 2. The summed E-state index contributed by atoms with van der Waals surface area (Å²) in [7, 11) is 0. The molecule has 0 spiro atoms. The van der Waals surface area contributed by atoms with Gasteiger partial charge in [-0.1, -0.05) is 44.2 Å². The molecule has 0 amide bonds. The fraction of sp³-hybridized carbons (Fsp3) is 0.143. The zero-order valence-corrected chi connectivity index (χ0v) is 19.1. The number of aromatic nitrogens is 6. The second-order valence-corrected chi connectivity index (χ2v) is 9.23. The minimum absolute atomic E-state index is 0.363. The number of rotatable bonds is 2. The summed E-state index contributed by atoms with van der Waals surface area (Å²) in [6.07, 6.45) is 3.48. The van der Waals surface area contributed by atoms with Gasteiger partial charge in [-0.3, -0.25) is 9.97 Å². The summed E-state index contributed by atoms with van der Waals surface area (Å²) >= 11 is 0. The summed E-state index contributed by atoms with van der Waals surface area (Å²) in [6.45, 7) is 6.28. The molecule has 0 radical (unpaired) electrons. The highest BCUT2D eigenvalue weighted by Crippen LogP contribution is 2.35. The Balaban J connectivity index is 1.46. The summed E-state index contributed by atoms with van der Waals surface area (Å²) in [4.78, 5) is 25.7. The average molecular weight is 443 g/mol. The van der Waals surface area contributed by atoms with Gasteiger partial charge in [0.1, 0.15) is 17.2 Å². The van der Waals surface area contributed by atoms with Crippen molar-refractivity contribution in [3.63, 3.8) is 0 Å². The first-order valence-corrected chi connectivity index (χ1v) is 11.5. The van der Waals surface area contributed by atoms with E-state index in [1.165, 1.54) is 5.39 Å². The summed E-state index contributed by atoms with van der Waals surface area (Å²) in [6, 6.07) is 17.4. The van der Waals surface area contributed by atoms with Gasteiger partial charge in [0, 0.05) is 34.5 Å². The van der Waals surface area contributed by atoms with Crippen molar-refractivity contribution in [3.8, 4) is 11.1 Å². The van der Waals surface area contributed by atoms with Gasteiger partial charge < -0.3 is 9.97 Å². The van der Waals surface area contributed by atoms with E-state index in [1.54, 1.807) is 12.4 Å². The summed E-state index contributed by atoms with van der Waals surface area (Å²) in [5.41, 5.74) is 8.02. The van der Waals surface area contributed by atoms with Crippen LogP contribution in [0.2, 0.25) is 0 Å². The number of hydrogen-bond donors (Lipinski definition) is 2. The van der Waals surface area contributed by atoms with Crippen LogP contribution in [0.5, 0.6) is 0 Å². The molecule has 6 heteroatoms. The Bertz CT molecular complexity index is 1910. The van der Waals surface area contributed by atoms with E-state index in [1.807, 2.05) is 6.92 Å². The van der Waals surface area contributed by atoms with Crippen molar-refractivity contribution in [2.45, 2.75) is 26.7 Å². The van der Waals surface area contributed by atoms with E-state index in [0.29, 0.717) is 5.92 Å². The molecule has 0 aliphatic carbocycles. The third-order valence-corrected chi connectivity index (χ3v) is 6.65. The monoisotopic (exact) mass is 442 g/mol. The van der Waals surface area contributed by atoms with Crippen molar-refractivity contribution >= 4 is 54.6 Å². The number of aromatic amines is 2. The van der Waals surface area contributed by atoms with Gasteiger partial charge in [-0.2, -0.15) is 0 Å². The van der Waals surface area contributed by atoms with Gasteiger partial charge >= 0.3 is 0 Å². The molecule has 7 aromatic rings. The van der Waals surface area contributed by atoms with E-state index < -0.39 is 0 Å². The van der Waals surface area contributed by atoms with Crippen molar-refractivity contribution in [2.24, 2.45) is 0 Å². The van der Waals surface area contributed by atoms with Gasteiger partial charge in [0.15, 0.2) is 0 Å². The van der Waals surface area contributed by atoms with Crippen LogP contribution >= 0.6 is 0 Å². The number of benzene rings is 4. The van der Waals surface area contributed by atoms with Crippen LogP contribution < -0.4 is 0 Å². The SMILES string of the molecule is Cc1nc2c3ccc(-c4ccc5c(ccc6[nH]c(C(C)C)nc65)c4)cc3c3nccnc3c2[nH]1. The molecule has 0 fully saturated rings. The van der Waals surface area contributed by atoms with Crippen LogP contribution in [0.1, 0.15) is 31.4 Å². The van der Waals surface area contributed by atoms with Crippen LogP contribution in [-0.2, 0) is 0 Å². The zero-order valence-electron chi connectivity index (χ0n) is 19.1. The zero-order chi connectivity index (χ0) is 23.0. The fourth-order valence-electron chi connectivity index (χ4n) is 4.98. The van der Waals surface area contributed by atoms with E-state index in [4.69, 9.17) is 9.97 Å². The van der Waals surface area contributed by atoms with Crippen molar-refractivity contribution in [1.82, 2.24) is 29.9 Å². The minimum atomic E-state index is 0.363. The molecule has 0 atom stereocenters. The van der Waals surface area contributed by atoms with Crippen LogP contribution in [0, 0.1) is 6.92 Å². The molecule has 7 rings (SSSR count). The molecule has 164 valence electrons. The highest BCUT2D eigenvalue weighted by atomic mass is 14.9. The van der Waals surface area contributed by atoms with E-state index in [2.05, 4.69) is 82.3 Å². The van der Waals surface area contributed by atoms with Gasteiger partial charge in [0.25, 0.3) is 0 Å². The normalized spacial score (nSPS) is 12.2. The Kier molecular flexibility index (Phi) is 3.86.